The molecule has 4 rings (SSSR count). The Morgan fingerprint density at radius 2 is 1.34 bits per heavy atom. The lowest BCUT2D eigenvalue weighted by Crippen LogP contribution is -2.08. The molecule has 29 heavy (non-hydrogen) atoms. The molecule has 2 heterocycles. The monoisotopic (exact) mass is 388 g/mol. The van der Waals surface area contributed by atoms with E-state index < -0.39 is 5.91 Å². The van der Waals surface area contributed by atoms with Crippen molar-refractivity contribution in [1.29, 1.82) is 5.26 Å². The molecule has 0 atom stereocenters. The molecular formula is C22H16N2O5. The number of benzene rings is 2. The number of nitrogens with zero attached hydrogens (tertiary/aromatic N) is 1. The summed E-state index contributed by atoms with van der Waals surface area (Å²) in [4.78, 5) is 33.0. The summed E-state index contributed by atoms with van der Waals surface area (Å²) >= 11 is 0. The van der Waals surface area contributed by atoms with Crippen LogP contribution in [0.1, 0.15) is 50.9 Å². The minimum atomic E-state index is -0.615. The number of rotatable bonds is 3. The van der Waals surface area contributed by atoms with Gasteiger partial charge in [0.05, 0.1) is 0 Å². The summed E-state index contributed by atoms with van der Waals surface area (Å²) in [6.07, 6.45) is 0. The van der Waals surface area contributed by atoms with Crippen LogP contribution in [-0.2, 0) is 0 Å². The fourth-order valence-electron chi connectivity index (χ4n) is 2.68. The highest BCUT2D eigenvalue weighted by molar-refractivity contribution is 6.00. The first kappa shape index (κ1) is 19.6. The Kier molecular flexibility index (Phi) is 5.28. The van der Waals surface area contributed by atoms with Gasteiger partial charge in [0.1, 0.15) is 17.2 Å². The van der Waals surface area contributed by atoms with Crippen molar-refractivity contribution in [3.8, 4) is 6.07 Å². The fraction of sp³-hybridized carbons (Fsp3) is 0.0909. The molecule has 0 spiro atoms. The number of nitriles is 1. The summed E-state index contributed by atoms with van der Waals surface area (Å²) in [6, 6.07) is 15.3. The Morgan fingerprint density at radius 3 is 1.83 bits per heavy atom. The summed E-state index contributed by atoms with van der Waals surface area (Å²) in [6.45, 7) is 2.97. The van der Waals surface area contributed by atoms with E-state index >= 15 is 0 Å². The van der Waals surface area contributed by atoms with Crippen LogP contribution in [-0.4, -0.2) is 17.5 Å². The molecule has 2 aromatic heterocycles. The number of furan rings is 2. The maximum Gasteiger partial charge on any atom is 0.284 e. The van der Waals surface area contributed by atoms with Crippen molar-refractivity contribution in [2.45, 2.75) is 13.8 Å². The number of nitrogens with two attached hydrogens (primary N) is 1. The quantitative estimate of drug-likeness (QED) is 0.523. The Morgan fingerprint density at radius 1 is 0.828 bits per heavy atom. The van der Waals surface area contributed by atoms with Gasteiger partial charge in [-0.25, -0.2) is 0 Å². The summed E-state index contributed by atoms with van der Waals surface area (Å²) in [7, 11) is 0. The van der Waals surface area contributed by atoms with E-state index in [0.29, 0.717) is 22.3 Å². The molecule has 0 saturated heterocycles. The highest BCUT2D eigenvalue weighted by atomic mass is 16.3. The molecule has 2 N–H and O–H groups in total. The van der Waals surface area contributed by atoms with Crippen molar-refractivity contribution in [1.82, 2.24) is 0 Å². The third-order valence-corrected chi connectivity index (χ3v) is 4.21. The third kappa shape index (κ3) is 4.22. The lowest BCUT2D eigenvalue weighted by Gasteiger charge is -1.93. The zero-order valence-electron chi connectivity index (χ0n) is 15.7. The van der Waals surface area contributed by atoms with Crippen molar-refractivity contribution in [3.05, 3.63) is 71.2 Å². The zero-order chi connectivity index (χ0) is 21.1. The second kappa shape index (κ2) is 7.82. The molecule has 0 radical (unpaired) electrons. The van der Waals surface area contributed by atoms with Crippen LogP contribution >= 0.6 is 0 Å². The predicted molar refractivity (Wildman–Crippen MR) is 106 cm³/mol. The average Bonchev–Trinajstić information content (AvgIpc) is 3.30. The molecule has 0 saturated carbocycles. The van der Waals surface area contributed by atoms with E-state index in [4.69, 9.17) is 19.8 Å². The maximum atomic E-state index is 11.1. The second-order valence-corrected chi connectivity index (χ2v) is 6.31. The van der Waals surface area contributed by atoms with E-state index in [1.165, 1.54) is 13.8 Å². The lowest BCUT2D eigenvalue weighted by atomic mass is 10.1. The summed E-state index contributed by atoms with van der Waals surface area (Å²) < 4.78 is 10.4. The Balaban J connectivity index is 0.000000166. The minimum Gasteiger partial charge on any atom is -0.451 e. The maximum absolute atomic E-state index is 11.1. The summed E-state index contributed by atoms with van der Waals surface area (Å²) in [5.74, 6) is -0.308. The average molecular weight is 388 g/mol. The van der Waals surface area contributed by atoms with Crippen molar-refractivity contribution in [2.75, 3.05) is 0 Å². The summed E-state index contributed by atoms with van der Waals surface area (Å²) in [5.41, 5.74) is 7.29. The molecule has 1 amide bonds. The summed E-state index contributed by atoms with van der Waals surface area (Å²) in [5, 5.41) is 10.2. The van der Waals surface area contributed by atoms with Crippen LogP contribution in [0.2, 0.25) is 0 Å². The SMILES string of the molecule is CC(=O)c1ccc2cc(C#N)oc2c1.CC(=O)c1ccc2cc(C(N)=O)oc2c1. The molecular weight excluding hydrogens is 372 g/mol. The van der Waals surface area contributed by atoms with E-state index in [1.807, 2.05) is 6.07 Å². The van der Waals surface area contributed by atoms with Crippen LogP contribution in [0.4, 0.5) is 0 Å². The lowest BCUT2D eigenvalue weighted by molar-refractivity contribution is 0.0974. The van der Waals surface area contributed by atoms with E-state index in [-0.39, 0.29) is 23.1 Å². The molecule has 0 aliphatic carbocycles. The van der Waals surface area contributed by atoms with Crippen LogP contribution in [0.3, 0.4) is 0 Å². The van der Waals surface area contributed by atoms with Crippen molar-refractivity contribution in [2.24, 2.45) is 5.73 Å². The van der Waals surface area contributed by atoms with Gasteiger partial charge in [-0.3, -0.25) is 14.4 Å². The van der Waals surface area contributed by atoms with Gasteiger partial charge in [0.2, 0.25) is 5.76 Å². The molecule has 0 fully saturated rings. The standard InChI is InChI=1S/C11H9NO3.C11H7NO2/c1-6(13)7-2-3-8-5-10(11(12)14)15-9(8)4-7;1-7(13)8-2-3-9-4-10(6-12)14-11(9)5-8/h2-5H,1H3,(H2,12,14);2-5H,1H3. The van der Waals surface area contributed by atoms with Gasteiger partial charge in [-0.1, -0.05) is 24.3 Å². The molecule has 144 valence electrons. The van der Waals surface area contributed by atoms with Gasteiger partial charge in [-0.05, 0) is 32.0 Å². The molecule has 0 unspecified atom stereocenters. The van der Waals surface area contributed by atoms with Gasteiger partial charge >= 0.3 is 0 Å². The highest BCUT2D eigenvalue weighted by Crippen LogP contribution is 2.21. The molecule has 7 nitrogen and oxygen atoms in total. The van der Waals surface area contributed by atoms with Crippen LogP contribution in [0.15, 0.2) is 57.4 Å². The largest absolute Gasteiger partial charge is 0.451 e. The first-order valence-electron chi connectivity index (χ1n) is 8.57. The van der Waals surface area contributed by atoms with Gasteiger partial charge in [-0.15, -0.1) is 0 Å². The smallest absolute Gasteiger partial charge is 0.284 e. The number of fused-ring (bicyclic) bond motifs is 2. The number of carbonyl (C=O) groups is 3. The van der Waals surface area contributed by atoms with E-state index in [2.05, 4.69) is 0 Å². The number of carbonyl (C=O) groups excluding carboxylic acids is 3. The number of Topliss-reactive ketones (excluding diaryl/α,β-unsaturated/α-hetero) is 2. The van der Waals surface area contributed by atoms with Gasteiger partial charge in [0.25, 0.3) is 5.91 Å². The van der Waals surface area contributed by atoms with Crippen molar-refractivity contribution < 1.29 is 23.2 Å². The Hall–Kier alpha value is -4.18. The van der Waals surface area contributed by atoms with Crippen LogP contribution in [0, 0.1) is 11.3 Å². The van der Waals surface area contributed by atoms with Crippen LogP contribution in [0.5, 0.6) is 0 Å². The van der Waals surface area contributed by atoms with Gasteiger partial charge in [0, 0.05) is 28.0 Å². The van der Waals surface area contributed by atoms with Crippen LogP contribution < -0.4 is 5.73 Å². The van der Waals surface area contributed by atoms with E-state index in [0.717, 1.165) is 10.8 Å². The minimum absolute atomic E-state index is 0.0122. The molecule has 0 aliphatic rings. The number of amides is 1. The number of hydrogen-bond donors (Lipinski definition) is 1. The molecule has 0 bridgehead atoms. The van der Waals surface area contributed by atoms with E-state index in [1.54, 1.807) is 48.5 Å². The second-order valence-electron chi connectivity index (χ2n) is 6.31. The molecule has 7 heteroatoms. The van der Waals surface area contributed by atoms with Crippen LogP contribution in [0.25, 0.3) is 21.9 Å². The third-order valence-electron chi connectivity index (χ3n) is 4.21. The van der Waals surface area contributed by atoms with Gasteiger partial charge < -0.3 is 14.6 Å². The zero-order valence-corrected chi connectivity index (χ0v) is 15.7. The first-order valence-corrected chi connectivity index (χ1v) is 8.57. The molecule has 4 aromatic rings. The number of hydrogen-bond acceptors (Lipinski definition) is 6. The Bertz CT molecular complexity index is 1290. The normalized spacial score (nSPS) is 10.2. The highest BCUT2D eigenvalue weighted by Gasteiger charge is 2.10. The van der Waals surface area contributed by atoms with Gasteiger partial charge in [-0.2, -0.15) is 5.26 Å². The topological polar surface area (TPSA) is 127 Å². The van der Waals surface area contributed by atoms with E-state index in [9.17, 15) is 14.4 Å². The number of ketones is 2. The molecule has 2 aromatic carbocycles. The first-order chi connectivity index (χ1) is 13.8. The fourth-order valence-corrected chi connectivity index (χ4v) is 2.68. The van der Waals surface area contributed by atoms with Crippen molar-refractivity contribution >= 4 is 39.4 Å². The molecule has 0 aliphatic heterocycles. The predicted octanol–water partition coefficient (Wildman–Crippen LogP) is 4.24. The van der Waals surface area contributed by atoms with Crippen molar-refractivity contribution in [3.63, 3.8) is 0 Å². The van der Waals surface area contributed by atoms with Gasteiger partial charge in [0.15, 0.2) is 17.3 Å². The Labute approximate surface area is 165 Å². The number of primary amides is 1.